The molecule has 3 aromatic heterocycles. The Hall–Kier alpha value is -7.63. The van der Waals surface area contributed by atoms with Crippen LogP contribution in [0.3, 0.4) is 0 Å². The van der Waals surface area contributed by atoms with Crippen LogP contribution in [0.4, 0.5) is 0 Å². The van der Waals surface area contributed by atoms with Crippen LogP contribution >= 0.6 is 0 Å². The molecule has 0 N–H and O–H groups in total. The molecular weight excluding hydrogens is 683 g/mol. The highest BCUT2D eigenvalue weighted by molar-refractivity contribution is 6.26. The fourth-order valence-electron chi connectivity index (χ4n) is 6.91. The van der Waals surface area contributed by atoms with Crippen molar-refractivity contribution in [3.8, 4) is 34.4 Å². The predicted molar refractivity (Wildman–Crippen MR) is 232 cm³/mol. The molecule has 0 aliphatic carbocycles. The Morgan fingerprint density at radius 2 is 0.750 bits per heavy atom. The number of hydrogen-bond donors (Lipinski definition) is 0. The lowest BCUT2D eigenvalue weighted by Crippen LogP contribution is -2.07. The van der Waals surface area contributed by atoms with Gasteiger partial charge in [0.1, 0.15) is 0 Å². The molecule has 0 saturated heterocycles. The minimum absolute atomic E-state index is 0.512. The topological polar surface area (TPSA) is 48.5 Å². The fourth-order valence-corrected chi connectivity index (χ4v) is 6.91. The Labute approximate surface area is 364 Å². The molecule has 0 amide bonds. The average molecular weight is 745 g/mol. The van der Waals surface area contributed by atoms with Gasteiger partial charge in [-0.15, -0.1) is 0 Å². The Morgan fingerprint density at radius 1 is 0.321 bits per heavy atom. The first kappa shape index (κ1) is 13.3. The van der Waals surface area contributed by atoms with E-state index in [4.69, 9.17) is 26.0 Å². The molecule has 0 radical (unpaired) electrons. The third-order valence-electron chi connectivity index (χ3n) is 9.16. The van der Waals surface area contributed by atoms with E-state index in [1.807, 2.05) is 0 Å². The number of aromatic nitrogens is 5. The van der Waals surface area contributed by atoms with E-state index in [2.05, 4.69) is 15.0 Å². The summed E-state index contributed by atoms with van der Waals surface area (Å²) >= 11 is 0. The van der Waals surface area contributed by atoms with Crippen LogP contribution in [0.25, 0.3) is 110 Å². The molecule has 0 unspecified atom stereocenters. The van der Waals surface area contributed by atoms with Gasteiger partial charge >= 0.3 is 0 Å². The Kier molecular flexibility index (Phi) is 2.83. The fraction of sp³-hybridized carbons (Fsp3) is 0. The van der Waals surface area contributed by atoms with Crippen molar-refractivity contribution < 1.29 is 42.5 Å². The molecule has 9 aromatic carbocycles. The van der Waals surface area contributed by atoms with E-state index in [0.29, 0.717) is 0 Å². The second-order valence-electron chi connectivity index (χ2n) is 12.1. The zero-order valence-corrected chi connectivity index (χ0v) is 27.7. The number of fused-ring (bicyclic) bond motifs is 13. The maximum Gasteiger partial charge on any atom is 0.238 e. The van der Waals surface area contributed by atoms with Gasteiger partial charge in [0.15, 0.2) is 11.6 Å². The zero-order chi connectivity index (χ0) is 63.7. The summed E-state index contributed by atoms with van der Waals surface area (Å²) in [5.74, 6) is -2.96. The third kappa shape index (κ3) is 4.46. The first-order valence-corrected chi connectivity index (χ1v) is 16.4. The summed E-state index contributed by atoms with van der Waals surface area (Å²) in [6.45, 7) is 0. The number of nitrogens with zero attached hydrogens (tertiary/aromatic N) is 5. The van der Waals surface area contributed by atoms with Crippen LogP contribution < -0.4 is 0 Å². The number of para-hydroxylation sites is 3. The molecule has 0 fully saturated rings. The molecule has 56 heavy (non-hydrogen) atoms. The molecule has 12 rings (SSSR count). The Balaban J connectivity index is 1.41. The normalized spacial score (nSPS) is 19.7. The second-order valence-corrected chi connectivity index (χ2v) is 12.1. The molecule has 3 heterocycles. The van der Waals surface area contributed by atoms with Gasteiger partial charge in [-0.25, -0.2) is 4.98 Å². The van der Waals surface area contributed by atoms with E-state index in [9.17, 15) is 16.4 Å². The average Bonchev–Trinajstić information content (AvgIpc) is 1.64. The van der Waals surface area contributed by atoms with E-state index >= 15 is 0 Å². The highest BCUT2D eigenvalue weighted by Crippen LogP contribution is 2.42. The minimum atomic E-state index is -1.06. The maximum absolute atomic E-state index is 10.1. The van der Waals surface area contributed by atoms with Crippen molar-refractivity contribution in [3.63, 3.8) is 0 Å². The van der Waals surface area contributed by atoms with Gasteiger partial charge in [-0.2, -0.15) is 9.97 Å². The van der Waals surface area contributed by atoms with Crippen molar-refractivity contribution >= 4 is 75.9 Å². The van der Waals surface area contributed by atoms with Crippen LogP contribution in [-0.4, -0.2) is 24.1 Å². The standard InChI is InChI=1S/C51H31N5/c1-3-15-32(16-4-1)49-52-50(33-27-28-39-37-21-8-7-19-35(37)36-20-9-10-22-38(36)44(39)31-33)54-51(53-49)56-46-26-14-12-24-41(46)43-30-29-42-40-23-11-13-25-45(40)55(47(42)48(43)56)34-17-5-2-6-18-34/h1-31H/i1D,2D,3D,4D,5D,6D,7D,8D,9D,10D,11D,12D,13D,14D,15D,16D,17D,18D,19D,20D,21D,22D,23D,24D,25D,26D,27D,28D,29D,30D,31D. The molecule has 0 atom stereocenters. The summed E-state index contributed by atoms with van der Waals surface area (Å²) in [7, 11) is 0. The first-order chi connectivity index (χ1) is 40.7. The molecule has 0 aliphatic heterocycles. The summed E-state index contributed by atoms with van der Waals surface area (Å²) < 4.78 is 283. The molecule has 0 aliphatic rings. The molecule has 5 nitrogen and oxygen atoms in total. The summed E-state index contributed by atoms with van der Waals surface area (Å²) in [4.78, 5) is 13.7. The van der Waals surface area contributed by atoms with Gasteiger partial charge in [-0.05, 0) is 62.5 Å². The smallest absolute Gasteiger partial charge is 0.238 e. The molecule has 0 saturated carbocycles. The van der Waals surface area contributed by atoms with Crippen LogP contribution in [0.5, 0.6) is 0 Å². The van der Waals surface area contributed by atoms with Gasteiger partial charge < -0.3 is 4.57 Å². The van der Waals surface area contributed by atoms with Crippen LogP contribution in [0.2, 0.25) is 0 Å². The van der Waals surface area contributed by atoms with E-state index in [0.717, 1.165) is 9.13 Å². The zero-order valence-electron chi connectivity index (χ0n) is 58.7. The molecular formula is C51H31N5. The second kappa shape index (κ2) is 11.9. The quantitative estimate of drug-likeness (QED) is 0.169. The summed E-state index contributed by atoms with van der Waals surface area (Å²) in [6.07, 6.45) is 0. The van der Waals surface area contributed by atoms with Crippen molar-refractivity contribution in [2.45, 2.75) is 0 Å². The highest BCUT2D eigenvalue weighted by atomic mass is 15.2. The van der Waals surface area contributed by atoms with Gasteiger partial charge in [0.05, 0.1) is 64.6 Å². The van der Waals surface area contributed by atoms with Gasteiger partial charge in [0, 0.05) is 38.4 Å². The molecule has 5 heteroatoms. The van der Waals surface area contributed by atoms with E-state index in [1.165, 1.54) is 0 Å². The van der Waals surface area contributed by atoms with Crippen molar-refractivity contribution in [2.24, 2.45) is 0 Å². The van der Waals surface area contributed by atoms with Crippen LogP contribution in [0.15, 0.2) is 187 Å². The minimum Gasteiger partial charge on any atom is -0.307 e. The maximum atomic E-state index is 10.1. The lowest BCUT2D eigenvalue weighted by molar-refractivity contribution is 0.953. The molecule has 260 valence electrons. The van der Waals surface area contributed by atoms with Gasteiger partial charge in [0.25, 0.3) is 0 Å². The number of benzene rings is 9. The van der Waals surface area contributed by atoms with Gasteiger partial charge in [0.2, 0.25) is 5.95 Å². The summed E-state index contributed by atoms with van der Waals surface area (Å²) in [5, 5.41) is -5.92. The molecule has 0 bridgehead atoms. The Bertz CT molecular complexity index is 5260. The Morgan fingerprint density at radius 3 is 1.36 bits per heavy atom. The monoisotopic (exact) mass is 744 g/mol. The van der Waals surface area contributed by atoms with Crippen LogP contribution in [0, 0.1) is 0 Å². The van der Waals surface area contributed by atoms with Crippen molar-refractivity contribution in [1.29, 1.82) is 0 Å². The van der Waals surface area contributed by atoms with Crippen molar-refractivity contribution in [1.82, 2.24) is 24.1 Å². The number of hydrogen-bond acceptors (Lipinski definition) is 3. The third-order valence-corrected chi connectivity index (χ3v) is 9.16. The lowest BCUT2D eigenvalue weighted by Gasteiger charge is -2.14. The first-order valence-electron chi connectivity index (χ1n) is 31.9. The predicted octanol–water partition coefficient (Wildman–Crippen LogP) is 12.9. The molecule has 12 aromatic rings. The number of rotatable bonds is 4. The summed E-state index contributed by atoms with van der Waals surface area (Å²) in [5.41, 5.74) is -5.31. The van der Waals surface area contributed by atoms with Crippen molar-refractivity contribution in [3.05, 3.63) is 187 Å². The molecule has 0 spiro atoms. The lowest BCUT2D eigenvalue weighted by atomic mass is 9.93. The highest BCUT2D eigenvalue weighted by Gasteiger charge is 2.23. The van der Waals surface area contributed by atoms with E-state index < -0.39 is 298 Å². The summed E-state index contributed by atoms with van der Waals surface area (Å²) in [6, 6.07) is -29.1. The largest absolute Gasteiger partial charge is 0.307 e. The van der Waals surface area contributed by atoms with E-state index in [1.54, 1.807) is 0 Å². The van der Waals surface area contributed by atoms with Gasteiger partial charge in [-0.1, -0.05) is 157 Å². The SMILES string of the molecule is [2H]c1c([2H])c([2H])c(-c2nc(-c3c([2H])c([2H])c4c5c([2H])c([2H])c([2H])c([2H])c5c5c([2H])c([2H])c([2H])c([2H])c5c4c3[2H])nc(-n3c4c([2H])c([2H])c([2H])c([2H])c4c4c([2H])c([2H])c5c6c([2H])c([2H])c([2H])c([2H])c6n(-c6c([2H])c([2H])c([2H])c([2H])c6[2H])c5c43)n2)c([2H])c1[2H]. The van der Waals surface area contributed by atoms with Crippen LogP contribution in [-0.2, 0) is 0 Å². The van der Waals surface area contributed by atoms with Crippen LogP contribution in [0.1, 0.15) is 42.5 Å². The van der Waals surface area contributed by atoms with Crippen molar-refractivity contribution in [2.75, 3.05) is 0 Å². The van der Waals surface area contributed by atoms with E-state index in [-0.39, 0.29) is 0 Å². The van der Waals surface area contributed by atoms with Gasteiger partial charge in [-0.3, -0.25) is 4.57 Å².